The van der Waals surface area contributed by atoms with Gasteiger partial charge in [-0.3, -0.25) is 0 Å². The lowest BCUT2D eigenvalue weighted by Gasteiger charge is -2.26. The van der Waals surface area contributed by atoms with Crippen LogP contribution in [0.5, 0.6) is 0 Å². The topological polar surface area (TPSA) is 23.8 Å². The van der Waals surface area contributed by atoms with Crippen molar-refractivity contribution in [2.24, 2.45) is 0 Å². The van der Waals surface area contributed by atoms with Crippen LogP contribution in [0.2, 0.25) is 0 Å². The Morgan fingerprint density at radius 2 is 1.82 bits per heavy atom. The van der Waals surface area contributed by atoms with E-state index >= 15 is 0 Å². The normalized spacial score (nSPS) is 19.7. The van der Waals surface area contributed by atoms with Crippen molar-refractivity contribution >= 4 is 12.6 Å². The Bertz CT molecular complexity index is 134. The maximum atomic E-state index is 7.13. The highest BCUT2D eigenvalue weighted by Gasteiger charge is 2.23. The summed E-state index contributed by atoms with van der Waals surface area (Å²) >= 11 is 3.70. The molecule has 0 aromatic heterocycles. The number of hydrogen-bond donors (Lipinski definition) is 0. The molecule has 1 heterocycles. The Kier molecular flexibility index (Phi) is 5.18. The highest BCUT2D eigenvalue weighted by Crippen LogP contribution is 2.14. The van der Waals surface area contributed by atoms with Gasteiger partial charge < -0.3 is 17.1 Å². The summed E-state index contributed by atoms with van der Waals surface area (Å²) in [5.74, 6) is 0. The van der Waals surface area contributed by atoms with Gasteiger partial charge in [0.25, 0.3) is 0 Å². The summed E-state index contributed by atoms with van der Waals surface area (Å²) in [5.41, 5.74) is 0. The third-order valence-electron chi connectivity index (χ3n) is 2.41. The van der Waals surface area contributed by atoms with Gasteiger partial charge >= 0.3 is 0 Å². The van der Waals surface area contributed by atoms with Gasteiger partial charge in [-0.05, 0) is 6.92 Å². The predicted octanol–water partition coefficient (Wildman–Crippen LogP) is 1.26. The minimum Gasteiger partial charge on any atom is -0.696 e. The van der Waals surface area contributed by atoms with Crippen molar-refractivity contribution in [1.82, 2.24) is 0 Å². The molecule has 64 valence electrons. The first-order valence-electron chi connectivity index (χ1n) is 4.03. The van der Waals surface area contributed by atoms with E-state index in [0.717, 1.165) is 0 Å². The summed E-state index contributed by atoms with van der Waals surface area (Å²) < 4.78 is 1.32. The maximum absolute atomic E-state index is 7.13. The van der Waals surface area contributed by atoms with Crippen LogP contribution in [0, 0.1) is 10.7 Å². The van der Waals surface area contributed by atoms with Gasteiger partial charge in [-0.15, -0.1) is 0 Å². The van der Waals surface area contributed by atoms with Gasteiger partial charge in [0, 0.05) is 12.8 Å². The van der Waals surface area contributed by atoms with Gasteiger partial charge in [0.05, 0.1) is 26.7 Å². The zero-order chi connectivity index (χ0) is 8.74. The molecule has 0 aromatic rings. The maximum Gasteiger partial charge on any atom is 0.0786 e. The molecule has 0 bridgehead atoms. The fraction of sp³-hybridized carbons (Fsp3) is 0.875. The number of rotatable bonds is 1. The summed E-state index contributed by atoms with van der Waals surface area (Å²) in [5, 5.41) is 8.47. The zero-order valence-electron chi connectivity index (χ0n) is 7.34. The van der Waals surface area contributed by atoms with Gasteiger partial charge in [-0.2, -0.15) is 0 Å². The molecule has 0 spiro atoms. The Labute approximate surface area is 74.8 Å². The average Bonchev–Trinajstić information content (AvgIpc) is 2.39. The van der Waals surface area contributed by atoms with Crippen LogP contribution in [0.1, 0.15) is 19.8 Å². The first-order chi connectivity index (χ1) is 5.18. The van der Waals surface area contributed by atoms with E-state index in [4.69, 9.17) is 5.26 Å². The van der Waals surface area contributed by atoms with E-state index in [1.807, 2.05) is 0 Å². The number of likely N-dealkylation sites (tertiary alicyclic amines) is 1. The summed E-state index contributed by atoms with van der Waals surface area (Å²) in [7, 11) is 2.35. The number of quaternary nitrogens is 1. The second kappa shape index (κ2) is 5.34. The molecule has 0 saturated carbocycles. The fourth-order valence-electron chi connectivity index (χ4n) is 1.42. The lowest BCUT2D eigenvalue weighted by molar-refractivity contribution is -0.895. The second-order valence-corrected chi connectivity index (χ2v) is 3.36. The molecular weight excluding hydrogens is 156 g/mol. The van der Waals surface area contributed by atoms with Gasteiger partial charge in [-0.1, -0.05) is 5.40 Å². The van der Waals surface area contributed by atoms with Gasteiger partial charge in [0.2, 0.25) is 0 Å². The second-order valence-electron chi connectivity index (χ2n) is 3.18. The Morgan fingerprint density at radius 3 is 2.00 bits per heavy atom. The minimum absolute atomic E-state index is 1.32. The van der Waals surface area contributed by atoms with Crippen molar-refractivity contribution in [3.8, 4) is 5.40 Å². The van der Waals surface area contributed by atoms with Crippen LogP contribution in [-0.2, 0) is 12.6 Å². The van der Waals surface area contributed by atoms with Crippen LogP contribution in [0.15, 0.2) is 0 Å². The monoisotopic (exact) mass is 172 g/mol. The highest BCUT2D eigenvalue weighted by atomic mass is 32.1. The van der Waals surface area contributed by atoms with Gasteiger partial charge in [0.1, 0.15) is 0 Å². The molecule has 1 fully saturated rings. The minimum atomic E-state index is 1.32. The third kappa shape index (κ3) is 4.18. The van der Waals surface area contributed by atoms with Crippen LogP contribution in [0.25, 0.3) is 0 Å². The molecule has 1 aliphatic rings. The Morgan fingerprint density at radius 1 is 1.45 bits per heavy atom. The SMILES string of the molecule is CC[N+]1(C)CCCC1.N#C[S-]. The lowest BCUT2D eigenvalue weighted by atomic mass is 10.4. The fourth-order valence-corrected chi connectivity index (χ4v) is 1.42. The molecule has 0 atom stereocenters. The molecule has 0 unspecified atom stereocenters. The van der Waals surface area contributed by atoms with E-state index in [1.54, 1.807) is 0 Å². The van der Waals surface area contributed by atoms with Gasteiger partial charge in [-0.25, -0.2) is 5.26 Å². The number of nitrogens with zero attached hydrogens (tertiary/aromatic N) is 2. The molecule has 0 aliphatic carbocycles. The molecule has 2 nitrogen and oxygen atoms in total. The summed E-state index contributed by atoms with van der Waals surface area (Å²) in [6.45, 7) is 6.43. The summed E-state index contributed by atoms with van der Waals surface area (Å²) in [6, 6.07) is 0. The van der Waals surface area contributed by atoms with E-state index in [2.05, 4.69) is 26.6 Å². The smallest absolute Gasteiger partial charge is 0.0786 e. The lowest BCUT2D eigenvalue weighted by Crippen LogP contribution is -2.40. The predicted molar refractivity (Wildman–Crippen MR) is 48.7 cm³/mol. The largest absolute Gasteiger partial charge is 0.696 e. The molecule has 3 heteroatoms. The van der Waals surface area contributed by atoms with Crippen molar-refractivity contribution in [1.29, 1.82) is 5.26 Å². The van der Waals surface area contributed by atoms with Crippen LogP contribution < -0.4 is 0 Å². The summed E-state index contributed by atoms with van der Waals surface area (Å²) in [4.78, 5) is 0. The van der Waals surface area contributed by atoms with E-state index < -0.39 is 0 Å². The van der Waals surface area contributed by atoms with E-state index in [1.165, 1.54) is 42.4 Å². The molecule has 1 aliphatic heterocycles. The number of thiocyanates is 1. The quantitative estimate of drug-likeness (QED) is 0.338. The molecule has 11 heavy (non-hydrogen) atoms. The van der Waals surface area contributed by atoms with Crippen molar-refractivity contribution in [2.75, 3.05) is 26.7 Å². The third-order valence-corrected chi connectivity index (χ3v) is 2.41. The Hall–Kier alpha value is -0.330. The van der Waals surface area contributed by atoms with Crippen LogP contribution >= 0.6 is 0 Å². The van der Waals surface area contributed by atoms with Crippen LogP contribution in [0.4, 0.5) is 0 Å². The molecule has 1 saturated heterocycles. The van der Waals surface area contributed by atoms with Crippen molar-refractivity contribution in [3.63, 3.8) is 0 Å². The van der Waals surface area contributed by atoms with Crippen molar-refractivity contribution in [3.05, 3.63) is 0 Å². The molecule has 0 radical (unpaired) electrons. The van der Waals surface area contributed by atoms with E-state index in [-0.39, 0.29) is 0 Å². The van der Waals surface area contributed by atoms with Crippen LogP contribution in [-0.4, -0.2) is 31.2 Å². The molecule has 0 aromatic carbocycles. The highest BCUT2D eigenvalue weighted by molar-refractivity contribution is 7.64. The Balaban J connectivity index is 0.000000292. The molecule has 0 amide bonds. The number of hydrogen-bond acceptors (Lipinski definition) is 2. The zero-order valence-corrected chi connectivity index (χ0v) is 8.15. The molecular formula is C8H16N2S. The van der Waals surface area contributed by atoms with Crippen molar-refractivity contribution in [2.45, 2.75) is 19.8 Å². The summed E-state index contributed by atoms with van der Waals surface area (Å²) in [6.07, 6.45) is 2.90. The van der Waals surface area contributed by atoms with E-state index in [9.17, 15) is 0 Å². The first-order valence-corrected chi connectivity index (χ1v) is 4.44. The van der Waals surface area contributed by atoms with E-state index in [0.29, 0.717) is 0 Å². The van der Waals surface area contributed by atoms with Crippen molar-refractivity contribution < 1.29 is 4.48 Å². The van der Waals surface area contributed by atoms with Crippen LogP contribution in [0.3, 0.4) is 0 Å². The number of nitriles is 1. The molecule has 1 rings (SSSR count). The first kappa shape index (κ1) is 10.7. The molecule has 0 N–H and O–H groups in total. The van der Waals surface area contributed by atoms with Gasteiger partial charge in [0.15, 0.2) is 0 Å². The average molecular weight is 172 g/mol. The standard InChI is InChI=1S/C7H16N.CHNS/c1-3-8(2)6-4-5-7-8;2-1-3/h3-7H2,1-2H3;3H/q+1;/p-1.